The Morgan fingerprint density at radius 3 is 1.86 bits per heavy atom. The van der Waals surface area contributed by atoms with Gasteiger partial charge in [0.15, 0.2) is 0 Å². The molecule has 2 aliphatic carbocycles. The number of amides is 8. The molecule has 6 atom stereocenters. The summed E-state index contributed by atoms with van der Waals surface area (Å²) in [6.07, 6.45) is 1.78. The Labute approximate surface area is 209 Å². The highest BCUT2D eigenvalue weighted by atomic mass is 16.5. The molecular formula is C24H24N4O9. The van der Waals surface area contributed by atoms with Crippen LogP contribution in [-0.2, 0) is 19.2 Å². The lowest BCUT2D eigenvalue weighted by molar-refractivity contribution is -0.138. The van der Waals surface area contributed by atoms with E-state index in [0.29, 0.717) is 20.9 Å². The summed E-state index contributed by atoms with van der Waals surface area (Å²) in [5.41, 5.74) is 11.5. The molecule has 5 rings (SSSR count). The topological polar surface area (TPSA) is 200 Å². The monoisotopic (exact) mass is 512 g/mol. The van der Waals surface area contributed by atoms with E-state index in [0.717, 1.165) is 0 Å². The summed E-state index contributed by atoms with van der Waals surface area (Å²) in [6, 6.07) is 0.212. The Morgan fingerprint density at radius 1 is 0.838 bits per heavy atom. The second-order valence-corrected chi connectivity index (χ2v) is 9.49. The molecule has 0 radical (unpaired) electrons. The molecule has 194 valence electrons. The third kappa shape index (κ3) is 3.22. The van der Waals surface area contributed by atoms with Crippen LogP contribution < -0.4 is 20.9 Å². The van der Waals surface area contributed by atoms with E-state index in [4.69, 9.17) is 20.9 Å². The number of nitrogens with zero attached hydrogens (tertiary/aromatic N) is 2. The maximum Gasteiger partial charge on any atom is 0.328 e. The minimum Gasteiger partial charge on any atom is -0.508 e. The van der Waals surface area contributed by atoms with Gasteiger partial charge in [0.25, 0.3) is 0 Å². The Hall–Kier alpha value is -4.42. The van der Waals surface area contributed by atoms with Crippen LogP contribution in [0.3, 0.4) is 0 Å². The Morgan fingerprint density at radius 2 is 1.35 bits per heavy atom. The molecule has 1 aromatic rings. The van der Waals surface area contributed by atoms with E-state index in [9.17, 15) is 33.9 Å². The largest absolute Gasteiger partial charge is 0.508 e. The SMILES string of the molecule is COc1cc(O)cc(OC)c1[C@H]1C2=CC[C@@H]3C(=O)N(C(N)=O)C(=O)[C@@H]3[C@@H]2C[C@H]2C(=O)N(C(N)=O)C(=O)[C@@H]12. The van der Waals surface area contributed by atoms with Crippen LogP contribution in [0.4, 0.5) is 9.59 Å². The normalized spacial score (nSPS) is 30.5. The Balaban J connectivity index is 1.73. The van der Waals surface area contributed by atoms with Gasteiger partial charge in [-0.3, -0.25) is 19.2 Å². The molecule has 4 aliphatic rings. The van der Waals surface area contributed by atoms with Crippen molar-refractivity contribution in [1.82, 2.24) is 9.80 Å². The molecule has 2 saturated heterocycles. The van der Waals surface area contributed by atoms with Gasteiger partial charge in [0.05, 0.1) is 37.9 Å². The summed E-state index contributed by atoms with van der Waals surface area (Å²) in [7, 11) is 2.70. The molecule has 3 fully saturated rings. The van der Waals surface area contributed by atoms with Crippen LogP contribution in [0.15, 0.2) is 23.8 Å². The van der Waals surface area contributed by atoms with Crippen LogP contribution >= 0.6 is 0 Å². The van der Waals surface area contributed by atoms with E-state index in [1.807, 2.05) is 0 Å². The number of phenolic OH excluding ortho intramolecular Hbond substituents is 1. The number of rotatable bonds is 3. The zero-order valence-electron chi connectivity index (χ0n) is 19.9. The van der Waals surface area contributed by atoms with Crippen LogP contribution in [0.5, 0.6) is 17.2 Å². The zero-order chi connectivity index (χ0) is 26.9. The first-order valence-corrected chi connectivity index (χ1v) is 11.5. The number of methoxy groups -OCH3 is 2. The van der Waals surface area contributed by atoms with Gasteiger partial charge in [0.1, 0.15) is 17.2 Å². The Kier molecular flexibility index (Phi) is 5.46. The number of fused-ring (bicyclic) bond motifs is 4. The average Bonchev–Trinajstić information content (AvgIpc) is 3.26. The molecule has 37 heavy (non-hydrogen) atoms. The van der Waals surface area contributed by atoms with E-state index >= 15 is 0 Å². The highest BCUT2D eigenvalue weighted by molar-refractivity contribution is 6.18. The van der Waals surface area contributed by atoms with Crippen molar-refractivity contribution in [3.05, 3.63) is 29.3 Å². The van der Waals surface area contributed by atoms with Gasteiger partial charge in [-0.25, -0.2) is 9.59 Å². The summed E-state index contributed by atoms with van der Waals surface area (Å²) in [4.78, 5) is 77.6. The zero-order valence-corrected chi connectivity index (χ0v) is 19.9. The van der Waals surface area contributed by atoms with Gasteiger partial charge in [-0.15, -0.1) is 0 Å². The van der Waals surface area contributed by atoms with Crippen LogP contribution in [0.2, 0.25) is 0 Å². The fourth-order valence-electron chi connectivity index (χ4n) is 6.58. The number of nitrogens with two attached hydrogens (primary N) is 2. The molecule has 1 saturated carbocycles. The number of carbonyl (C=O) groups is 6. The average molecular weight is 512 g/mol. The molecule has 0 aromatic heterocycles. The fraction of sp³-hybridized carbons (Fsp3) is 0.417. The molecular weight excluding hydrogens is 488 g/mol. The van der Waals surface area contributed by atoms with E-state index < -0.39 is 71.2 Å². The van der Waals surface area contributed by atoms with Gasteiger partial charge in [-0.05, 0) is 18.8 Å². The summed E-state index contributed by atoms with van der Waals surface area (Å²) in [6.45, 7) is 0. The van der Waals surface area contributed by atoms with Crippen LogP contribution in [-0.4, -0.2) is 64.8 Å². The van der Waals surface area contributed by atoms with Gasteiger partial charge >= 0.3 is 12.1 Å². The van der Waals surface area contributed by atoms with Gasteiger partial charge in [0, 0.05) is 23.6 Å². The van der Waals surface area contributed by atoms with Crippen molar-refractivity contribution >= 4 is 35.7 Å². The quantitative estimate of drug-likeness (QED) is 0.374. The number of carbonyl (C=O) groups excluding carboxylic acids is 6. The predicted molar refractivity (Wildman–Crippen MR) is 122 cm³/mol. The third-order valence-electron chi connectivity index (χ3n) is 7.93. The molecule has 13 nitrogen and oxygen atoms in total. The van der Waals surface area contributed by atoms with Crippen molar-refractivity contribution in [2.45, 2.75) is 18.8 Å². The molecule has 2 aliphatic heterocycles. The maximum atomic E-state index is 13.5. The lowest BCUT2D eigenvalue weighted by atomic mass is 9.57. The van der Waals surface area contributed by atoms with E-state index in [1.165, 1.54) is 26.4 Å². The molecule has 0 unspecified atom stereocenters. The first kappa shape index (κ1) is 24.3. The van der Waals surface area contributed by atoms with Gasteiger partial charge in [0.2, 0.25) is 23.6 Å². The van der Waals surface area contributed by atoms with Crippen molar-refractivity contribution in [3.63, 3.8) is 0 Å². The first-order valence-electron chi connectivity index (χ1n) is 11.5. The number of aromatic hydroxyl groups is 1. The number of ether oxygens (including phenoxy) is 2. The fourth-order valence-corrected chi connectivity index (χ4v) is 6.58. The van der Waals surface area contributed by atoms with E-state index in [1.54, 1.807) is 6.08 Å². The minimum atomic E-state index is -1.23. The number of benzene rings is 1. The molecule has 1 aromatic carbocycles. The number of phenols is 1. The highest BCUT2D eigenvalue weighted by Gasteiger charge is 2.63. The molecule has 5 N–H and O–H groups in total. The molecule has 8 amide bonds. The molecule has 0 spiro atoms. The first-order chi connectivity index (χ1) is 17.5. The number of allylic oxidation sites excluding steroid dienone is 2. The third-order valence-corrected chi connectivity index (χ3v) is 7.93. The number of urea groups is 2. The van der Waals surface area contributed by atoms with Crippen molar-refractivity contribution < 1.29 is 43.3 Å². The maximum absolute atomic E-state index is 13.5. The molecule has 2 heterocycles. The number of hydrogen-bond donors (Lipinski definition) is 3. The van der Waals surface area contributed by atoms with Crippen molar-refractivity contribution in [1.29, 1.82) is 0 Å². The lowest BCUT2D eigenvalue weighted by Crippen LogP contribution is -2.44. The smallest absolute Gasteiger partial charge is 0.328 e. The van der Waals surface area contributed by atoms with Gasteiger partial charge in [-0.2, -0.15) is 9.80 Å². The van der Waals surface area contributed by atoms with Crippen LogP contribution in [0.25, 0.3) is 0 Å². The standard InChI is InChI=1S/C24H24N4O9/c1-36-13-5-8(29)6-14(37-2)18(13)16-9-3-4-10-15(21(32)27(19(10)30)23(25)34)11(9)7-12-17(16)22(33)28(20(12)31)24(26)35/h3,5-6,10-12,15-17,29H,4,7H2,1-2H3,(H2,25,34)(H2,26,35)/t10-,11+,12+,15-,16-,17+/m0/s1. The van der Waals surface area contributed by atoms with Gasteiger partial charge in [-0.1, -0.05) is 11.6 Å². The summed E-state index contributed by atoms with van der Waals surface area (Å²) < 4.78 is 11.0. The number of imide groups is 6. The van der Waals surface area contributed by atoms with Crippen LogP contribution in [0.1, 0.15) is 24.3 Å². The van der Waals surface area contributed by atoms with Crippen molar-refractivity contribution in [2.75, 3.05) is 14.2 Å². The Bertz CT molecular complexity index is 1300. The number of likely N-dealkylation sites (tertiary alicyclic amines) is 2. The second kappa shape index (κ2) is 8.32. The van der Waals surface area contributed by atoms with Gasteiger partial charge < -0.3 is 26.0 Å². The van der Waals surface area contributed by atoms with Crippen LogP contribution in [0, 0.1) is 29.6 Å². The molecule has 0 bridgehead atoms. The second-order valence-electron chi connectivity index (χ2n) is 9.49. The highest BCUT2D eigenvalue weighted by Crippen LogP contribution is 2.60. The summed E-state index contributed by atoms with van der Waals surface area (Å²) in [5, 5.41) is 10.2. The summed E-state index contributed by atoms with van der Waals surface area (Å²) in [5.74, 6) is -8.67. The van der Waals surface area contributed by atoms with Crippen molar-refractivity contribution in [2.24, 2.45) is 41.1 Å². The van der Waals surface area contributed by atoms with E-state index in [2.05, 4.69) is 0 Å². The molecule has 13 heteroatoms. The number of primary amides is 2. The minimum absolute atomic E-state index is 0.0309. The van der Waals surface area contributed by atoms with Crippen molar-refractivity contribution in [3.8, 4) is 17.2 Å². The predicted octanol–water partition coefficient (Wildman–Crippen LogP) is 0.203. The van der Waals surface area contributed by atoms with E-state index in [-0.39, 0.29) is 30.1 Å². The summed E-state index contributed by atoms with van der Waals surface area (Å²) >= 11 is 0. The lowest BCUT2D eigenvalue weighted by Gasteiger charge is -2.44. The number of hydrogen-bond acceptors (Lipinski definition) is 9.